The zero-order valence-electron chi connectivity index (χ0n) is 9.51. The van der Waals surface area contributed by atoms with Crippen LogP contribution in [-0.4, -0.2) is 25.8 Å². The van der Waals surface area contributed by atoms with E-state index < -0.39 is 0 Å². The number of nitrogens with one attached hydrogen (secondary N) is 1. The van der Waals surface area contributed by atoms with Crippen molar-refractivity contribution in [3.05, 3.63) is 0 Å². The van der Waals surface area contributed by atoms with Gasteiger partial charge in [0.1, 0.15) is 0 Å². The lowest BCUT2D eigenvalue weighted by Gasteiger charge is -2.41. The maximum Gasteiger partial charge on any atom is 0.0537 e. The van der Waals surface area contributed by atoms with Crippen LogP contribution in [-0.2, 0) is 4.74 Å². The van der Waals surface area contributed by atoms with Gasteiger partial charge in [0.2, 0.25) is 0 Å². The minimum absolute atomic E-state index is 0.418. The minimum Gasteiger partial charge on any atom is -0.381 e. The Morgan fingerprint density at radius 3 is 2.71 bits per heavy atom. The molecule has 0 spiro atoms. The zero-order valence-corrected chi connectivity index (χ0v) is 9.51. The first kappa shape index (κ1) is 10.4. The van der Waals surface area contributed by atoms with E-state index in [9.17, 15) is 0 Å². The fraction of sp³-hybridized carbons (Fsp3) is 1.00. The van der Waals surface area contributed by atoms with Gasteiger partial charge in [0.05, 0.1) is 6.61 Å². The molecule has 2 rings (SSSR count). The lowest BCUT2D eigenvalue weighted by atomic mass is 9.73. The van der Waals surface area contributed by atoms with Crippen molar-refractivity contribution in [1.82, 2.24) is 5.32 Å². The minimum atomic E-state index is 0.418. The molecule has 1 aliphatic carbocycles. The lowest BCUT2D eigenvalue weighted by molar-refractivity contribution is -0.0334. The van der Waals surface area contributed by atoms with Crippen molar-refractivity contribution in [3.63, 3.8) is 0 Å². The van der Waals surface area contributed by atoms with Crippen molar-refractivity contribution in [2.45, 2.75) is 45.6 Å². The number of hydrogen-bond acceptors (Lipinski definition) is 2. The molecule has 1 N–H and O–H groups in total. The van der Waals surface area contributed by atoms with Crippen molar-refractivity contribution in [2.75, 3.05) is 19.8 Å². The van der Waals surface area contributed by atoms with Gasteiger partial charge in [-0.3, -0.25) is 0 Å². The molecule has 1 saturated heterocycles. The average Bonchev–Trinajstić information content (AvgIpc) is 2.99. The van der Waals surface area contributed by atoms with Crippen LogP contribution < -0.4 is 5.32 Å². The third-order valence-corrected chi connectivity index (χ3v) is 3.90. The van der Waals surface area contributed by atoms with E-state index in [1.165, 1.54) is 25.7 Å². The summed E-state index contributed by atoms with van der Waals surface area (Å²) < 4.78 is 5.66. The number of rotatable bonds is 4. The summed E-state index contributed by atoms with van der Waals surface area (Å²) in [5, 5.41) is 3.67. The molecule has 1 unspecified atom stereocenters. The number of ether oxygens (including phenoxy) is 1. The van der Waals surface area contributed by atoms with Gasteiger partial charge in [0.15, 0.2) is 0 Å². The van der Waals surface area contributed by atoms with Crippen LogP contribution in [0.15, 0.2) is 0 Å². The van der Waals surface area contributed by atoms with E-state index in [2.05, 4.69) is 19.2 Å². The molecule has 1 aliphatic heterocycles. The van der Waals surface area contributed by atoms with Crippen molar-refractivity contribution in [1.29, 1.82) is 0 Å². The Morgan fingerprint density at radius 1 is 1.43 bits per heavy atom. The van der Waals surface area contributed by atoms with Crippen molar-refractivity contribution in [3.8, 4) is 0 Å². The van der Waals surface area contributed by atoms with Gasteiger partial charge >= 0.3 is 0 Å². The lowest BCUT2D eigenvalue weighted by Crippen LogP contribution is -2.45. The van der Waals surface area contributed by atoms with Crippen molar-refractivity contribution >= 4 is 0 Å². The molecule has 0 bridgehead atoms. The summed E-state index contributed by atoms with van der Waals surface area (Å²) in [5.74, 6) is 0.731. The van der Waals surface area contributed by atoms with E-state index >= 15 is 0 Å². The summed E-state index contributed by atoms with van der Waals surface area (Å²) in [5.41, 5.74) is 0.418. The van der Waals surface area contributed by atoms with E-state index in [4.69, 9.17) is 4.74 Å². The van der Waals surface area contributed by atoms with E-state index in [0.29, 0.717) is 5.41 Å². The maximum absolute atomic E-state index is 5.66. The molecule has 1 atom stereocenters. The van der Waals surface area contributed by atoms with Gasteiger partial charge in [-0.1, -0.05) is 13.8 Å². The highest BCUT2D eigenvalue weighted by Crippen LogP contribution is 2.36. The van der Waals surface area contributed by atoms with E-state index in [1.54, 1.807) is 0 Å². The maximum atomic E-state index is 5.66. The van der Waals surface area contributed by atoms with Crippen LogP contribution in [0.25, 0.3) is 0 Å². The Hall–Kier alpha value is -0.0800. The molecule has 0 aromatic carbocycles. The standard InChI is InChI=1S/C12H23NO/c1-10(2)12(6-3-7-14-9-12)8-13-11-4-5-11/h10-11,13H,3-9H2,1-2H3. The average molecular weight is 197 g/mol. The summed E-state index contributed by atoms with van der Waals surface area (Å²) in [6.07, 6.45) is 5.35. The van der Waals surface area contributed by atoms with Gasteiger partial charge in [-0.2, -0.15) is 0 Å². The van der Waals surface area contributed by atoms with Crippen LogP contribution in [0.1, 0.15) is 39.5 Å². The third kappa shape index (κ3) is 2.29. The first-order valence-corrected chi connectivity index (χ1v) is 6.04. The van der Waals surface area contributed by atoms with Crippen LogP contribution in [0.3, 0.4) is 0 Å². The molecule has 0 aromatic rings. The third-order valence-electron chi connectivity index (χ3n) is 3.90. The van der Waals surface area contributed by atoms with Crippen molar-refractivity contribution in [2.24, 2.45) is 11.3 Å². The van der Waals surface area contributed by atoms with Gasteiger partial charge in [0, 0.05) is 24.6 Å². The van der Waals surface area contributed by atoms with Gasteiger partial charge in [0.25, 0.3) is 0 Å². The smallest absolute Gasteiger partial charge is 0.0537 e. The molecule has 0 amide bonds. The summed E-state index contributed by atoms with van der Waals surface area (Å²) in [4.78, 5) is 0. The summed E-state index contributed by atoms with van der Waals surface area (Å²) in [6, 6.07) is 0.826. The van der Waals surface area contributed by atoms with Crippen LogP contribution in [0, 0.1) is 11.3 Å². The molecule has 0 aromatic heterocycles. The fourth-order valence-corrected chi connectivity index (χ4v) is 2.31. The Labute approximate surface area is 87.4 Å². The quantitative estimate of drug-likeness (QED) is 0.746. The van der Waals surface area contributed by atoms with E-state index in [0.717, 1.165) is 31.7 Å². The zero-order chi connectivity index (χ0) is 10.0. The Kier molecular flexibility index (Phi) is 3.13. The van der Waals surface area contributed by atoms with Crippen LogP contribution >= 0.6 is 0 Å². The Bertz CT molecular complexity index is 181. The second kappa shape index (κ2) is 4.19. The van der Waals surface area contributed by atoms with Gasteiger partial charge in [-0.25, -0.2) is 0 Å². The summed E-state index contributed by atoms with van der Waals surface area (Å²) in [6.45, 7) is 7.77. The highest BCUT2D eigenvalue weighted by molar-refractivity contribution is 4.90. The second-order valence-electron chi connectivity index (χ2n) is 5.33. The first-order chi connectivity index (χ1) is 6.73. The molecule has 2 fully saturated rings. The van der Waals surface area contributed by atoms with Crippen LogP contribution in [0.5, 0.6) is 0 Å². The molecule has 1 saturated carbocycles. The molecular weight excluding hydrogens is 174 g/mol. The van der Waals surface area contributed by atoms with Crippen LogP contribution in [0.2, 0.25) is 0 Å². The molecule has 82 valence electrons. The number of hydrogen-bond donors (Lipinski definition) is 1. The predicted molar refractivity (Wildman–Crippen MR) is 58.3 cm³/mol. The summed E-state index contributed by atoms with van der Waals surface area (Å²) in [7, 11) is 0. The molecule has 0 radical (unpaired) electrons. The van der Waals surface area contributed by atoms with E-state index in [-0.39, 0.29) is 0 Å². The van der Waals surface area contributed by atoms with Crippen LogP contribution in [0.4, 0.5) is 0 Å². The summed E-state index contributed by atoms with van der Waals surface area (Å²) >= 11 is 0. The SMILES string of the molecule is CC(C)C1(CNC2CC2)CCCOC1. The van der Waals surface area contributed by atoms with Gasteiger partial charge in [-0.05, 0) is 31.6 Å². The monoisotopic (exact) mass is 197 g/mol. The van der Waals surface area contributed by atoms with Gasteiger partial charge < -0.3 is 10.1 Å². The largest absolute Gasteiger partial charge is 0.381 e. The highest BCUT2D eigenvalue weighted by Gasteiger charge is 2.37. The van der Waals surface area contributed by atoms with Gasteiger partial charge in [-0.15, -0.1) is 0 Å². The van der Waals surface area contributed by atoms with E-state index in [1.807, 2.05) is 0 Å². The Balaban J connectivity index is 1.89. The molecule has 2 nitrogen and oxygen atoms in total. The molecule has 14 heavy (non-hydrogen) atoms. The molecule has 1 heterocycles. The topological polar surface area (TPSA) is 21.3 Å². The highest BCUT2D eigenvalue weighted by atomic mass is 16.5. The normalized spacial score (nSPS) is 33.6. The van der Waals surface area contributed by atoms with Crippen molar-refractivity contribution < 1.29 is 4.74 Å². The first-order valence-electron chi connectivity index (χ1n) is 6.04. The Morgan fingerprint density at radius 2 is 2.21 bits per heavy atom. The molecular formula is C12H23NO. The fourth-order valence-electron chi connectivity index (χ4n) is 2.31. The second-order valence-corrected chi connectivity index (χ2v) is 5.33. The predicted octanol–water partition coefficient (Wildman–Crippen LogP) is 2.19. The molecule has 2 heteroatoms. The molecule has 2 aliphatic rings.